The number of benzene rings is 1. The lowest BCUT2D eigenvalue weighted by atomic mass is 9.95. The second-order valence-electron chi connectivity index (χ2n) is 8.32. The Labute approximate surface area is 180 Å². The van der Waals surface area contributed by atoms with Crippen molar-refractivity contribution in [2.24, 2.45) is 7.05 Å². The number of amides is 2. The Morgan fingerprint density at radius 2 is 2.16 bits per heavy atom. The Kier molecular flexibility index (Phi) is 5.77. The number of aromatic nitrogens is 3. The van der Waals surface area contributed by atoms with E-state index in [2.05, 4.69) is 15.4 Å². The van der Waals surface area contributed by atoms with Crippen LogP contribution in [0.15, 0.2) is 30.6 Å². The largest absolute Gasteiger partial charge is 0.361 e. The fourth-order valence-electron chi connectivity index (χ4n) is 4.12. The first kappa shape index (κ1) is 21.0. The smallest absolute Gasteiger partial charge is 0.237 e. The van der Waals surface area contributed by atoms with Gasteiger partial charge >= 0.3 is 0 Å². The summed E-state index contributed by atoms with van der Waals surface area (Å²) in [5, 5.41) is 8.27. The van der Waals surface area contributed by atoms with Crippen LogP contribution in [0, 0.1) is 5.82 Å². The molecule has 164 valence electrons. The van der Waals surface area contributed by atoms with Crippen molar-refractivity contribution < 1.29 is 14.0 Å². The highest BCUT2D eigenvalue weighted by atomic mass is 19.1. The van der Waals surface area contributed by atoms with Gasteiger partial charge in [-0.2, -0.15) is 5.10 Å². The number of nitrogens with zero attached hydrogens (tertiary/aromatic N) is 4. The highest BCUT2D eigenvalue weighted by Crippen LogP contribution is 2.27. The van der Waals surface area contributed by atoms with Crippen LogP contribution in [-0.2, 0) is 29.6 Å². The zero-order valence-corrected chi connectivity index (χ0v) is 18.0. The van der Waals surface area contributed by atoms with Gasteiger partial charge in [-0.25, -0.2) is 4.39 Å². The van der Waals surface area contributed by atoms with Crippen molar-refractivity contribution in [3.8, 4) is 0 Å². The topological polar surface area (TPSA) is 86.3 Å². The minimum absolute atomic E-state index is 0.0156. The van der Waals surface area contributed by atoms with Crippen LogP contribution < -0.4 is 5.32 Å². The van der Waals surface area contributed by atoms with Crippen molar-refractivity contribution in [2.45, 2.75) is 18.9 Å². The minimum Gasteiger partial charge on any atom is -0.361 e. The monoisotopic (exact) mass is 426 g/mol. The second-order valence-corrected chi connectivity index (χ2v) is 8.32. The Hall–Kier alpha value is -3.20. The molecular formula is C22H27FN6O2. The first-order valence-corrected chi connectivity index (χ1v) is 10.3. The lowest BCUT2D eigenvalue weighted by Crippen LogP contribution is -2.46. The maximum absolute atomic E-state index is 13.6. The summed E-state index contributed by atoms with van der Waals surface area (Å²) in [7, 11) is 5.51. The number of likely N-dealkylation sites (N-methyl/N-ethyl adjacent to an activating group) is 1. The SMILES string of the molecule is CN(C)CC(=O)N1Cc2cn(C)nc2C(C(=O)NCCc2c[nH]c3ccc(F)cc23)C1. The molecule has 1 aromatic carbocycles. The van der Waals surface area contributed by atoms with Gasteiger partial charge in [-0.05, 0) is 44.3 Å². The van der Waals surface area contributed by atoms with E-state index in [4.69, 9.17) is 0 Å². The number of hydrogen-bond acceptors (Lipinski definition) is 4. The number of aryl methyl sites for hydroxylation is 1. The van der Waals surface area contributed by atoms with Gasteiger partial charge in [-0.1, -0.05) is 0 Å². The summed E-state index contributed by atoms with van der Waals surface area (Å²) >= 11 is 0. The number of hydrogen-bond donors (Lipinski definition) is 2. The molecule has 0 radical (unpaired) electrons. The lowest BCUT2D eigenvalue weighted by molar-refractivity contribution is -0.134. The molecule has 8 nitrogen and oxygen atoms in total. The average molecular weight is 426 g/mol. The lowest BCUT2D eigenvalue weighted by Gasteiger charge is -2.32. The Morgan fingerprint density at radius 3 is 2.94 bits per heavy atom. The quantitative estimate of drug-likeness (QED) is 0.624. The number of nitrogens with one attached hydrogen (secondary N) is 2. The van der Waals surface area contributed by atoms with Crippen LogP contribution >= 0.6 is 0 Å². The van der Waals surface area contributed by atoms with Gasteiger partial charge in [0, 0.05) is 55.5 Å². The van der Waals surface area contributed by atoms with Gasteiger partial charge < -0.3 is 20.1 Å². The molecule has 2 N–H and O–H groups in total. The molecule has 3 heterocycles. The fourth-order valence-corrected chi connectivity index (χ4v) is 4.12. The van der Waals surface area contributed by atoms with Crippen LogP contribution in [0.5, 0.6) is 0 Å². The van der Waals surface area contributed by atoms with Gasteiger partial charge in [0.05, 0.1) is 18.2 Å². The van der Waals surface area contributed by atoms with Crippen molar-refractivity contribution in [3.63, 3.8) is 0 Å². The van der Waals surface area contributed by atoms with Gasteiger partial charge in [-0.3, -0.25) is 14.3 Å². The zero-order valence-electron chi connectivity index (χ0n) is 18.0. The first-order chi connectivity index (χ1) is 14.8. The molecule has 2 aromatic heterocycles. The molecule has 4 rings (SSSR count). The zero-order chi connectivity index (χ0) is 22.1. The van der Waals surface area contributed by atoms with E-state index >= 15 is 0 Å². The summed E-state index contributed by atoms with van der Waals surface area (Å²) in [5.41, 5.74) is 3.43. The van der Waals surface area contributed by atoms with Crippen molar-refractivity contribution in [2.75, 3.05) is 33.7 Å². The third-order valence-electron chi connectivity index (χ3n) is 5.58. The Bertz CT molecular complexity index is 1120. The summed E-state index contributed by atoms with van der Waals surface area (Å²) in [5.74, 6) is -0.979. The number of carbonyl (C=O) groups excluding carboxylic acids is 2. The van der Waals surface area contributed by atoms with E-state index in [1.807, 2.05) is 38.4 Å². The van der Waals surface area contributed by atoms with Gasteiger partial charge in [0.1, 0.15) is 5.82 Å². The molecule has 0 fully saturated rings. The van der Waals surface area contributed by atoms with Crippen molar-refractivity contribution in [1.29, 1.82) is 0 Å². The minimum atomic E-state index is -0.517. The van der Waals surface area contributed by atoms with Crippen molar-refractivity contribution in [1.82, 2.24) is 29.9 Å². The van der Waals surface area contributed by atoms with Crippen LogP contribution in [0.3, 0.4) is 0 Å². The molecule has 2 amide bonds. The molecule has 9 heteroatoms. The number of H-pyrrole nitrogens is 1. The molecule has 0 aliphatic carbocycles. The van der Waals surface area contributed by atoms with Gasteiger partial charge in [0.25, 0.3) is 0 Å². The highest BCUT2D eigenvalue weighted by molar-refractivity contribution is 5.86. The molecule has 1 atom stereocenters. The molecule has 0 saturated carbocycles. The standard InChI is InChI=1S/C22H27FN6O2/c1-27(2)13-20(30)29-11-15-10-28(3)26-21(15)18(12-29)22(31)24-7-6-14-9-25-19-5-4-16(23)8-17(14)19/h4-5,8-10,18,25H,6-7,11-13H2,1-3H3,(H,24,31). The second kappa shape index (κ2) is 8.50. The van der Waals surface area contributed by atoms with Crippen molar-refractivity contribution >= 4 is 22.7 Å². The first-order valence-electron chi connectivity index (χ1n) is 10.3. The van der Waals surface area contributed by atoms with E-state index in [0.717, 1.165) is 27.7 Å². The number of fused-ring (bicyclic) bond motifs is 2. The molecule has 31 heavy (non-hydrogen) atoms. The summed E-state index contributed by atoms with van der Waals surface area (Å²) in [6.45, 7) is 1.47. The predicted molar refractivity (Wildman–Crippen MR) is 115 cm³/mol. The number of carbonyl (C=O) groups is 2. The number of rotatable bonds is 6. The molecule has 1 aliphatic heterocycles. The fraction of sp³-hybridized carbons (Fsp3) is 0.409. The van der Waals surface area contributed by atoms with Crippen LogP contribution in [-0.4, -0.2) is 70.1 Å². The van der Waals surface area contributed by atoms with Crippen LogP contribution in [0.4, 0.5) is 4.39 Å². The molecule has 1 aliphatic rings. The van der Waals surface area contributed by atoms with E-state index in [-0.39, 0.29) is 17.6 Å². The molecule has 1 unspecified atom stereocenters. The summed E-state index contributed by atoms with van der Waals surface area (Å²) in [6, 6.07) is 4.62. The van der Waals surface area contributed by atoms with E-state index in [9.17, 15) is 14.0 Å². The Balaban J connectivity index is 1.45. The van der Waals surface area contributed by atoms with Gasteiger partial charge in [0.2, 0.25) is 11.8 Å². The average Bonchev–Trinajstić information content (AvgIpc) is 3.28. The van der Waals surface area contributed by atoms with Gasteiger partial charge in [0.15, 0.2) is 0 Å². The van der Waals surface area contributed by atoms with E-state index in [1.54, 1.807) is 15.6 Å². The highest BCUT2D eigenvalue weighted by Gasteiger charge is 2.35. The number of aromatic amines is 1. The van der Waals surface area contributed by atoms with E-state index in [0.29, 0.717) is 32.6 Å². The van der Waals surface area contributed by atoms with Gasteiger partial charge in [-0.15, -0.1) is 0 Å². The van der Waals surface area contributed by atoms with Crippen molar-refractivity contribution in [3.05, 3.63) is 53.2 Å². The molecule has 0 bridgehead atoms. The normalized spacial score (nSPS) is 16.0. The van der Waals surface area contributed by atoms with Crippen LogP contribution in [0.25, 0.3) is 10.9 Å². The maximum atomic E-state index is 13.6. The summed E-state index contributed by atoms with van der Waals surface area (Å²) in [4.78, 5) is 32.3. The molecule has 0 spiro atoms. The Morgan fingerprint density at radius 1 is 1.35 bits per heavy atom. The summed E-state index contributed by atoms with van der Waals surface area (Å²) < 4.78 is 15.3. The third kappa shape index (κ3) is 4.46. The molecule has 0 saturated heterocycles. The van der Waals surface area contributed by atoms with E-state index in [1.165, 1.54) is 12.1 Å². The van der Waals surface area contributed by atoms with E-state index < -0.39 is 5.92 Å². The molecule has 3 aromatic rings. The predicted octanol–water partition coefficient (Wildman–Crippen LogP) is 1.39. The van der Waals surface area contributed by atoms with Crippen LogP contribution in [0.2, 0.25) is 0 Å². The summed E-state index contributed by atoms with van der Waals surface area (Å²) in [6.07, 6.45) is 4.28. The maximum Gasteiger partial charge on any atom is 0.237 e. The molecular weight excluding hydrogens is 399 g/mol. The number of halogens is 1. The van der Waals surface area contributed by atoms with Crippen LogP contribution in [0.1, 0.15) is 22.7 Å². The third-order valence-corrected chi connectivity index (χ3v) is 5.58.